The standard InChI is InChI=1S/C9H8N4O2S/c14-13(15)8-3-1-2-7(4-8)5-16-9-10-6-11-12-9/h1-4,6H,5H2,(H,10,11,12). The highest BCUT2D eigenvalue weighted by Crippen LogP contribution is 2.21. The highest BCUT2D eigenvalue weighted by molar-refractivity contribution is 7.98. The summed E-state index contributed by atoms with van der Waals surface area (Å²) >= 11 is 1.45. The number of nitro benzene ring substituents is 1. The summed E-state index contributed by atoms with van der Waals surface area (Å²) in [6, 6.07) is 6.55. The van der Waals surface area contributed by atoms with E-state index in [0.717, 1.165) is 5.56 Å². The maximum Gasteiger partial charge on any atom is 0.269 e. The third-order valence-electron chi connectivity index (χ3n) is 1.89. The van der Waals surface area contributed by atoms with Crippen molar-refractivity contribution in [1.29, 1.82) is 0 Å². The van der Waals surface area contributed by atoms with Crippen molar-refractivity contribution in [2.24, 2.45) is 0 Å². The van der Waals surface area contributed by atoms with Gasteiger partial charge < -0.3 is 0 Å². The average Bonchev–Trinajstić information content (AvgIpc) is 2.79. The van der Waals surface area contributed by atoms with Crippen LogP contribution in [0.5, 0.6) is 0 Å². The monoisotopic (exact) mass is 236 g/mol. The van der Waals surface area contributed by atoms with Gasteiger partial charge in [-0.2, -0.15) is 5.10 Å². The molecule has 82 valence electrons. The zero-order valence-corrected chi connectivity index (χ0v) is 8.98. The smallest absolute Gasteiger partial charge is 0.258 e. The van der Waals surface area contributed by atoms with E-state index in [4.69, 9.17) is 0 Å². The first-order valence-electron chi connectivity index (χ1n) is 4.47. The molecule has 16 heavy (non-hydrogen) atoms. The quantitative estimate of drug-likeness (QED) is 0.498. The van der Waals surface area contributed by atoms with Crippen LogP contribution in [0.2, 0.25) is 0 Å². The summed E-state index contributed by atoms with van der Waals surface area (Å²) in [4.78, 5) is 14.1. The maximum atomic E-state index is 10.6. The van der Waals surface area contributed by atoms with Gasteiger partial charge in [0, 0.05) is 17.9 Å². The van der Waals surface area contributed by atoms with Crippen molar-refractivity contribution in [3.63, 3.8) is 0 Å². The van der Waals surface area contributed by atoms with Crippen molar-refractivity contribution in [2.45, 2.75) is 10.9 Å². The van der Waals surface area contributed by atoms with Gasteiger partial charge in [0.1, 0.15) is 6.33 Å². The second-order valence-electron chi connectivity index (χ2n) is 3.01. The summed E-state index contributed by atoms with van der Waals surface area (Å²) < 4.78 is 0. The predicted octanol–water partition coefficient (Wildman–Crippen LogP) is 2.01. The molecule has 0 fully saturated rings. The molecule has 0 aliphatic rings. The van der Waals surface area contributed by atoms with Crippen molar-refractivity contribution in [1.82, 2.24) is 15.2 Å². The van der Waals surface area contributed by atoms with Crippen LogP contribution in [0, 0.1) is 10.1 Å². The molecular weight excluding hydrogens is 228 g/mol. The van der Waals surface area contributed by atoms with Crippen LogP contribution < -0.4 is 0 Å². The summed E-state index contributed by atoms with van der Waals surface area (Å²) in [5.74, 6) is 0.622. The topological polar surface area (TPSA) is 84.7 Å². The van der Waals surface area contributed by atoms with E-state index in [0.29, 0.717) is 10.9 Å². The third kappa shape index (κ3) is 2.57. The van der Waals surface area contributed by atoms with Gasteiger partial charge in [-0.25, -0.2) is 4.98 Å². The van der Waals surface area contributed by atoms with Gasteiger partial charge in [0.05, 0.1) is 4.92 Å². The van der Waals surface area contributed by atoms with E-state index >= 15 is 0 Å². The Morgan fingerprint density at radius 2 is 2.38 bits per heavy atom. The third-order valence-corrected chi connectivity index (χ3v) is 2.84. The minimum atomic E-state index is -0.400. The Morgan fingerprint density at radius 1 is 1.50 bits per heavy atom. The molecule has 0 aliphatic heterocycles. The molecule has 1 aromatic heterocycles. The summed E-state index contributed by atoms with van der Waals surface area (Å²) in [6.07, 6.45) is 1.43. The van der Waals surface area contributed by atoms with Crippen LogP contribution in [0.15, 0.2) is 35.7 Å². The zero-order chi connectivity index (χ0) is 11.4. The van der Waals surface area contributed by atoms with Crippen LogP contribution in [0.3, 0.4) is 0 Å². The summed E-state index contributed by atoms with van der Waals surface area (Å²) in [7, 11) is 0. The van der Waals surface area contributed by atoms with E-state index in [9.17, 15) is 10.1 Å². The lowest BCUT2D eigenvalue weighted by Crippen LogP contribution is -1.89. The highest BCUT2D eigenvalue weighted by atomic mass is 32.2. The van der Waals surface area contributed by atoms with E-state index in [1.807, 2.05) is 6.07 Å². The number of hydrogen-bond donors (Lipinski definition) is 1. The molecule has 0 amide bonds. The molecule has 0 bridgehead atoms. The highest BCUT2D eigenvalue weighted by Gasteiger charge is 2.06. The van der Waals surface area contributed by atoms with E-state index in [1.54, 1.807) is 12.1 Å². The zero-order valence-electron chi connectivity index (χ0n) is 8.16. The lowest BCUT2D eigenvalue weighted by Gasteiger charge is -1.98. The number of aromatic amines is 1. The Morgan fingerprint density at radius 3 is 3.06 bits per heavy atom. The molecule has 2 rings (SSSR count). The second kappa shape index (κ2) is 4.75. The van der Waals surface area contributed by atoms with Crippen LogP contribution in [0.25, 0.3) is 0 Å². The van der Waals surface area contributed by atoms with Crippen LogP contribution in [0.1, 0.15) is 5.56 Å². The first-order valence-corrected chi connectivity index (χ1v) is 5.46. The molecular formula is C9H8N4O2S. The fraction of sp³-hybridized carbons (Fsp3) is 0.111. The lowest BCUT2D eigenvalue weighted by molar-refractivity contribution is -0.384. The van der Waals surface area contributed by atoms with Gasteiger partial charge in [-0.3, -0.25) is 15.2 Å². The number of aromatic nitrogens is 3. The minimum absolute atomic E-state index is 0.107. The van der Waals surface area contributed by atoms with Crippen LogP contribution in [-0.4, -0.2) is 20.1 Å². The molecule has 0 atom stereocenters. The van der Waals surface area contributed by atoms with Crippen molar-refractivity contribution >= 4 is 17.4 Å². The Balaban J connectivity index is 2.04. The summed E-state index contributed by atoms with van der Waals surface area (Å²) in [5.41, 5.74) is 0.992. The van der Waals surface area contributed by atoms with Gasteiger partial charge in [0.2, 0.25) is 0 Å². The molecule has 1 N–H and O–H groups in total. The second-order valence-corrected chi connectivity index (χ2v) is 3.97. The van der Waals surface area contributed by atoms with Gasteiger partial charge in [0.15, 0.2) is 5.16 Å². The Labute approximate surface area is 95.2 Å². The predicted molar refractivity (Wildman–Crippen MR) is 59.0 cm³/mol. The number of H-pyrrole nitrogens is 1. The first-order chi connectivity index (χ1) is 7.75. The maximum absolute atomic E-state index is 10.6. The lowest BCUT2D eigenvalue weighted by atomic mass is 10.2. The largest absolute Gasteiger partial charge is 0.269 e. The number of nitro groups is 1. The number of nitrogens with one attached hydrogen (secondary N) is 1. The normalized spacial score (nSPS) is 10.2. The average molecular weight is 236 g/mol. The van der Waals surface area contributed by atoms with Crippen LogP contribution in [0.4, 0.5) is 5.69 Å². The number of non-ortho nitro benzene ring substituents is 1. The molecule has 1 heterocycles. The number of thioether (sulfide) groups is 1. The minimum Gasteiger partial charge on any atom is -0.258 e. The van der Waals surface area contributed by atoms with Gasteiger partial charge in [0.25, 0.3) is 5.69 Å². The molecule has 0 saturated carbocycles. The van der Waals surface area contributed by atoms with Gasteiger partial charge in [-0.1, -0.05) is 23.9 Å². The molecule has 6 nitrogen and oxygen atoms in total. The molecule has 0 spiro atoms. The SMILES string of the molecule is O=[N+]([O-])c1cccc(CSc2ncn[nH]2)c1. The molecule has 0 aliphatic carbocycles. The van der Waals surface area contributed by atoms with Crippen molar-refractivity contribution in [3.8, 4) is 0 Å². The molecule has 1 aromatic carbocycles. The first kappa shape index (κ1) is 10.6. The van der Waals surface area contributed by atoms with Gasteiger partial charge in [-0.15, -0.1) is 0 Å². The number of benzene rings is 1. The fourth-order valence-electron chi connectivity index (χ4n) is 1.18. The van der Waals surface area contributed by atoms with Gasteiger partial charge in [-0.05, 0) is 5.56 Å². The van der Waals surface area contributed by atoms with E-state index in [2.05, 4.69) is 15.2 Å². The van der Waals surface area contributed by atoms with Crippen LogP contribution >= 0.6 is 11.8 Å². The van der Waals surface area contributed by atoms with Gasteiger partial charge >= 0.3 is 0 Å². The molecule has 0 saturated heterocycles. The Kier molecular flexibility index (Phi) is 3.16. The van der Waals surface area contributed by atoms with E-state index in [-0.39, 0.29) is 5.69 Å². The van der Waals surface area contributed by atoms with Crippen molar-refractivity contribution in [3.05, 3.63) is 46.3 Å². The molecule has 0 radical (unpaired) electrons. The Hall–Kier alpha value is -1.89. The summed E-state index contributed by atoms with van der Waals surface area (Å²) in [6.45, 7) is 0. The molecule has 7 heteroatoms. The van der Waals surface area contributed by atoms with E-state index in [1.165, 1.54) is 24.2 Å². The van der Waals surface area contributed by atoms with Crippen molar-refractivity contribution < 1.29 is 4.92 Å². The number of hydrogen-bond acceptors (Lipinski definition) is 5. The molecule has 0 unspecified atom stereocenters. The van der Waals surface area contributed by atoms with Crippen LogP contribution in [-0.2, 0) is 5.75 Å². The van der Waals surface area contributed by atoms with E-state index < -0.39 is 4.92 Å². The number of nitrogens with zero attached hydrogens (tertiary/aromatic N) is 3. The number of rotatable bonds is 4. The Bertz CT molecular complexity index is 486. The van der Waals surface area contributed by atoms with Crippen molar-refractivity contribution in [2.75, 3.05) is 0 Å². The fourth-order valence-corrected chi connectivity index (χ4v) is 1.90. The summed E-state index contributed by atoms with van der Waals surface area (Å²) in [5, 5.41) is 17.7. The molecule has 2 aromatic rings.